The van der Waals surface area contributed by atoms with E-state index in [-0.39, 0.29) is 5.91 Å². The second-order valence-corrected chi connectivity index (χ2v) is 6.29. The van der Waals surface area contributed by atoms with Gasteiger partial charge in [-0.15, -0.1) is 0 Å². The number of rotatable bonds is 4. The molecule has 0 bridgehead atoms. The number of nitrogens with zero attached hydrogens (tertiary/aromatic N) is 4. The molecule has 0 unspecified atom stereocenters. The van der Waals surface area contributed by atoms with Crippen LogP contribution in [0.4, 0.5) is 0 Å². The molecule has 1 amide bonds. The third kappa shape index (κ3) is 2.23. The molecule has 1 N–H and O–H groups in total. The van der Waals surface area contributed by atoms with Crippen molar-refractivity contribution < 1.29 is 4.79 Å². The molecule has 0 saturated heterocycles. The van der Waals surface area contributed by atoms with Gasteiger partial charge < -0.3 is 4.90 Å². The number of nitrogens with one attached hydrogen (secondary N) is 1. The fourth-order valence-corrected chi connectivity index (χ4v) is 3.30. The SMILES string of the molecule is CCCn1ncc(C(=O)N2CCc3[nH]ncc3C2)c1C1CC1. The van der Waals surface area contributed by atoms with Gasteiger partial charge in [-0.25, -0.2) is 0 Å². The second-order valence-electron chi connectivity index (χ2n) is 6.29. The molecule has 6 heteroatoms. The zero-order valence-electron chi connectivity index (χ0n) is 12.9. The van der Waals surface area contributed by atoms with Gasteiger partial charge in [0.1, 0.15) is 0 Å². The van der Waals surface area contributed by atoms with Crippen LogP contribution in [-0.2, 0) is 19.5 Å². The number of carbonyl (C=O) groups is 1. The number of carbonyl (C=O) groups excluding carboxylic acids is 1. The number of aryl methyl sites for hydroxylation is 1. The Labute approximate surface area is 129 Å². The van der Waals surface area contributed by atoms with Gasteiger partial charge in [-0.2, -0.15) is 10.2 Å². The summed E-state index contributed by atoms with van der Waals surface area (Å²) in [6, 6.07) is 0. The summed E-state index contributed by atoms with van der Waals surface area (Å²) in [6.45, 7) is 4.43. The van der Waals surface area contributed by atoms with Crippen molar-refractivity contribution in [2.24, 2.45) is 0 Å². The summed E-state index contributed by atoms with van der Waals surface area (Å²) in [5, 5.41) is 11.6. The van der Waals surface area contributed by atoms with Crippen LogP contribution in [0, 0.1) is 0 Å². The number of amides is 1. The molecule has 1 aliphatic heterocycles. The molecule has 1 aliphatic carbocycles. The van der Waals surface area contributed by atoms with E-state index < -0.39 is 0 Å². The minimum absolute atomic E-state index is 0.121. The molecule has 2 aromatic rings. The summed E-state index contributed by atoms with van der Waals surface area (Å²) in [4.78, 5) is 14.9. The lowest BCUT2D eigenvalue weighted by Crippen LogP contribution is -2.36. The first-order valence-corrected chi connectivity index (χ1v) is 8.14. The van der Waals surface area contributed by atoms with Crippen molar-refractivity contribution in [1.82, 2.24) is 24.9 Å². The highest BCUT2D eigenvalue weighted by Gasteiger charge is 2.34. The lowest BCUT2D eigenvalue weighted by atomic mass is 10.1. The highest BCUT2D eigenvalue weighted by Crippen LogP contribution is 2.42. The summed E-state index contributed by atoms with van der Waals surface area (Å²) in [7, 11) is 0. The lowest BCUT2D eigenvalue weighted by Gasteiger charge is -2.26. The number of hydrogen-bond acceptors (Lipinski definition) is 3. The minimum atomic E-state index is 0.121. The van der Waals surface area contributed by atoms with Crippen LogP contribution in [0.1, 0.15) is 59.4 Å². The van der Waals surface area contributed by atoms with Crippen LogP contribution in [0.25, 0.3) is 0 Å². The van der Waals surface area contributed by atoms with E-state index in [9.17, 15) is 4.79 Å². The number of hydrogen-bond donors (Lipinski definition) is 1. The Bertz CT molecular complexity index is 697. The molecule has 2 aromatic heterocycles. The van der Waals surface area contributed by atoms with E-state index in [2.05, 4.69) is 22.2 Å². The van der Waals surface area contributed by atoms with Crippen LogP contribution in [0.2, 0.25) is 0 Å². The summed E-state index contributed by atoms with van der Waals surface area (Å²) < 4.78 is 2.04. The topological polar surface area (TPSA) is 66.8 Å². The van der Waals surface area contributed by atoms with E-state index in [1.807, 2.05) is 15.8 Å². The fourth-order valence-electron chi connectivity index (χ4n) is 3.30. The normalized spacial score (nSPS) is 17.6. The van der Waals surface area contributed by atoms with Crippen molar-refractivity contribution in [3.63, 3.8) is 0 Å². The monoisotopic (exact) mass is 299 g/mol. The van der Waals surface area contributed by atoms with Gasteiger partial charge in [0.25, 0.3) is 5.91 Å². The van der Waals surface area contributed by atoms with Crippen molar-refractivity contribution in [3.8, 4) is 0 Å². The van der Waals surface area contributed by atoms with Crippen molar-refractivity contribution in [1.29, 1.82) is 0 Å². The number of fused-ring (bicyclic) bond motifs is 1. The molecule has 0 radical (unpaired) electrons. The van der Waals surface area contributed by atoms with Crippen LogP contribution in [-0.4, -0.2) is 37.3 Å². The van der Waals surface area contributed by atoms with Crippen LogP contribution >= 0.6 is 0 Å². The smallest absolute Gasteiger partial charge is 0.257 e. The van der Waals surface area contributed by atoms with Gasteiger partial charge in [-0.1, -0.05) is 6.92 Å². The highest BCUT2D eigenvalue weighted by atomic mass is 16.2. The number of aromatic nitrogens is 4. The molecule has 2 aliphatic rings. The van der Waals surface area contributed by atoms with Gasteiger partial charge in [0, 0.05) is 43.2 Å². The molecule has 22 heavy (non-hydrogen) atoms. The second kappa shape index (κ2) is 5.26. The van der Waals surface area contributed by atoms with Gasteiger partial charge in [-0.05, 0) is 19.3 Å². The fraction of sp³-hybridized carbons (Fsp3) is 0.562. The third-order valence-corrected chi connectivity index (χ3v) is 4.60. The third-order valence-electron chi connectivity index (χ3n) is 4.60. The van der Waals surface area contributed by atoms with Gasteiger partial charge in [-0.3, -0.25) is 14.6 Å². The summed E-state index contributed by atoms with van der Waals surface area (Å²) in [5.41, 5.74) is 4.26. The van der Waals surface area contributed by atoms with Crippen LogP contribution in [0.3, 0.4) is 0 Å². The van der Waals surface area contributed by atoms with E-state index in [4.69, 9.17) is 0 Å². The number of H-pyrrole nitrogens is 1. The first-order valence-electron chi connectivity index (χ1n) is 8.14. The molecule has 0 aromatic carbocycles. The Morgan fingerprint density at radius 2 is 2.27 bits per heavy atom. The van der Waals surface area contributed by atoms with Gasteiger partial charge >= 0.3 is 0 Å². The van der Waals surface area contributed by atoms with Crippen molar-refractivity contribution in [3.05, 3.63) is 34.9 Å². The molecule has 1 fully saturated rings. The predicted octanol–water partition coefficient (Wildman–Crippen LogP) is 2.09. The minimum Gasteiger partial charge on any atom is -0.334 e. The quantitative estimate of drug-likeness (QED) is 0.940. The van der Waals surface area contributed by atoms with Gasteiger partial charge in [0.05, 0.1) is 23.7 Å². The molecule has 0 spiro atoms. The Balaban J connectivity index is 1.61. The maximum atomic E-state index is 12.9. The molecular weight excluding hydrogens is 278 g/mol. The van der Waals surface area contributed by atoms with Crippen LogP contribution in [0.5, 0.6) is 0 Å². The van der Waals surface area contributed by atoms with Crippen molar-refractivity contribution in [2.75, 3.05) is 6.54 Å². The summed E-state index contributed by atoms with van der Waals surface area (Å²) in [5.74, 6) is 0.651. The van der Waals surface area contributed by atoms with Crippen LogP contribution in [0.15, 0.2) is 12.4 Å². The molecule has 0 atom stereocenters. The molecular formula is C16H21N5O. The van der Waals surface area contributed by atoms with E-state index >= 15 is 0 Å². The van der Waals surface area contributed by atoms with E-state index in [0.717, 1.165) is 48.4 Å². The molecule has 4 rings (SSSR count). The average Bonchev–Trinajstić information content (AvgIpc) is 3.11. The van der Waals surface area contributed by atoms with Crippen molar-refractivity contribution >= 4 is 5.91 Å². The Morgan fingerprint density at radius 1 is 1.41 bits per heavy atom. The maximum Gasteiger partial charge on any atom is 0.257 e. The average molecular weight is 299 g/mol. The Kier molecular flexibility index (Phi) is 3.24. The van der Waals surface area contributed by atoms with Gasteiger partial charge in [0.15, 0.2) is 0 Å². The molecule has 3 heterocycles. The number of aromatic amines is 1. The zero-order valence-corrected chi connectivity index (χ0v) is 12.9. The first kappa shape index (κ1) is 13.5. The van der Waals surface area contributed by atoms with Gasteiger partial charge in [0.2, 0.25) is 0 Å². The van der Waals surface area contributed by atoms with E-state index in [0.29, 0.717) is 12.5 Å². The van der Waals surface area contributed by atoms with Crippen LogP contribution < -0.4 is 0 Å². The maximum absolute atomic E-state index is 12.9. The van der Waals surface area contributed by atoms with E-state index in [1.165, 1.54) is 12.8 Å². The summed E-state index contributed by atoms with van der Waals surface area (Å²) in [6.07, 6.45) is 7.86. The Hall–Kier alpha value is -2.11. The van der Waals surface area contributed by atoms with E-state index in [1.54, 1.807) is 6.20 Å². The largest absolute Gasteiger partial charge is 0.334 e. The standard InChI is InChI=1S/C16H21N5O/c1-2-6-21-15(11-3-4-11)13(9-18-21)16(22)20-7-5-14-12(10-20)8-17-19-14/h8-9,11H,2-7,10H2,1H3,(H,17,19). The lowest BCUT2D eigenvalue weighted by molar-refractivity contribution is 0.0733. The zero-order chi connectivity index (χ0) is 15.1. The molecule has 116 valence electrons. The molecule has 1 saturated carbocycles. The predicted molar refractivity (Wildman–Crippen MR) is 81.5 cm³/mol. The Morgan fingerprint density at radius 3 is 3.05 bits per heavy atom. The summed E-state index contributed by atoms with van der Waals surface area (Å²) >= 11 is 0. The first-order chi connectivity index (χ1) is 10.8. The van der Waals surface area contributed by atoms with Crippen molar-refractivity contribution in [2.45, 2.75) is 51.6 Å². The molecule has 6 nitrogen and oxygen atoms in total. The highest BCUT2D eigenvalue weighted by molar-refractivity contribution is 5.95.